The number of ether oxygens (including phenoxy) is 1. The molecule has 1 fully saturated rings. The average molecular weight is 519 g/mol. The maximum Gasteiger partial charge on any atom is 0.419 e. The molecule has 0 spiro atoms. The standard InChI is InChI=1S/C30H28F6O/c1-2-3-19-4-8-21(9-5-19)22-10-6-20(7-11-22)14-15-30(35,36)37-24-12-13-25(26(31)18-24)23-16-27(32)29(34)28(33)17-23/h6-7,10-19,21H,2-5,8-9H2,1H3. The van der Waals surface area contributed by atoms with Crippen LogP contribution in [0.5, 0.6) is 5.75 Å². The van der Waals surface area contributed by atoms with Crippen LogP contribution in [0.3, 0.4) is 0 Å². The molecular formula is C30H28F6O. The molecule has 0 aromatic heterocycles. The molecule has 3 aromatic carbocycles. The summed E-state index contributed by atoms with van der Waals surface area (Å²) in [7, 11) is 0. The fourth-order valence-corrected chi connectivity index (χ4v) is 4.96. The highest BCUT2D eigenvalue weighted by atomic mass is 19.3. The smallest absolute Gasteiger partial charge is 0.419 e. The number of rotatable bonds is 8. The van der Waals surface area contributed by atoms with Gasteiger partial charge in [-0.3, -0.25) is 0 Å². The number of halogens is 6. The molecule has 0 bridgehead atoms. The van der Waals surface area contributed by atoms with Gasteiger partial charge in [0.05, 0.1) is 0 Å². The summed E-state index contributed by atoms with van der Waals surface area (Å²) in [5, 5.41) is 0. The predicted octanol–water partition coefficient (Wildman–Crippen LogP) is 9.67. The minimum atomic E-state index is -3.74. The topological polar surface area (TPSA) is 9.23 Å². The van der Waals surface area contributed by atoms with Gasteiger partial charge in [-0.2, -0.15) is 8.78 Å². The van der Waals surface area contributed by atoms with Crippen molar-refractivity contribution >= 4 is 6.08 Å². The van der Waals surface area contributed by atoms with E-state index in [1.165, 1.54) is 37.3 Å². The first kappa shape index (κ1) is 26.8. The van der Waals surface area contributed by atoms with Crippen molar-refractivity contribution in [1.82, 2.24) is 0 Å². The van der Waals surface area contributed by atoms with Gasteiger partial charge in [0.1, 0.15) is 11.6 Å². The van der Waals surface area contributed by atoms with Gasteiger partial charge < -0.3 is 4.74 Å². The van der Waals surface area contributed by atoms with E-state index < -0.39 is 35.1 Å². The van der Waals surface area contributed by atoms with E-state index >= 15 is 0 Å². The van der Waals surface area contributed by atoms with Gasteiger partial charge in [0.2, 0.25) is 0 Å². The van der Waals surface area contributed by atoms with Crippen LogP contribution in [0.1, 0.15) is 62.5 Å². The van der Waals surface area contributed by atoms with Crippen LogP contribution in [-0.2, 0) is 0 Å². The monoisotopic (exact) mass is 518 g/mol. The summed E-state index contributed by atoms with van der Waals surface area (Å²) in [6.45, 7) is 2.21. The molecule has 0 aliphatic heterocycles. The third-order valence-corrected chi connectivity index (χ3v) is 6.91. The Balaban J connectivity index is 1.39. The van der Waals surface area contributed by atoms with E-state index in [0.717, 1.165) is 30.9 Å². The summed E-state index contributed by atoms with van der Waals surface area (Å²) in [5.41, 5.74) is 1.23. The van der Waals surface area contributed by atoms with Crippen LogP contribution >= 0.6 is 0 Å². The SMILES string of the molecule is CCCC1CCC(c2ccc(C=CC(F)(F)Oc3ccc(-c4cc(F)c(F)c(F)c4)c(F)c3)cc2)CC1. The largest absolute Gasteiger partial charge is 0.429 e. The summed E-state index contributed by atoms with van der Waals surface area (Å²) < 4.78 is 88.0. The van der Waals surface area contributed by atoms with E-state index in [1.54, 1.807) is 12.1 Å². The lowest BCUT2D eigenvalue weighted by Crippen LogP contribution is -2.21. The first-order valence-corrected chi connectivity index (χ1v) is 12.5. The van der Waals surface area contributed by atoms with Gasteiger partial charge in [-0.05, 0) is 84.6 Å². The van der Waals surface area contributed by atoms with E-state index in [-0.39, 0.29) is 11.1 Å². The predicted molar refractivity (Wildman–Crippen MR) is 132 cm³/mol. The second kappa shape index (κ2) is 11.4. The van der Waals surface area contributed by atoms with Crippen molar-refractivity contribution < 1.29 is 31.1 Å². The number of alkyl halides is 2. The highest BCUT2D eigenvalue weighted by Gasteiger charge is 2.28. The van der Waals surface area contributed by atoms with Crippen molar-refractivity contribution in [2.24, 2.45) is 5.92 Å². The molecule has 4 rings (SSSR count). The Labute approximate surface area is 212 Å². The van der Waals surface area contributed by atoms with E-state index in [4.69, 9.17) is 0 Å². The van der Waals surface area contributed by atoms with Crippen LogP contribution in [0, 0.1) is 29.2 Å². The van der Waals surface area contributed by atoms with Crippen LogP contribution in [0.15, 0.2) is 60.7 Å². The average Bonchev–Trinajstić information content (AvgIpc) is 2.87. The zero-order valence-electron chi connectivity index (χ0n) is 20.4. The molecule has 1 aliphatic carbocycles. The maximum atomic E-state index is 14.5. The van der Waals surface area contributed by atoms with Gasteiger partial charge in [0, 0.05) is 17.7 Å². The Morgan fingerprint density at radius 3 is 2.08 bits per heavy atom. The fourth-order valence-electron chi connectivity index (χ4n) is 4.96. The van der Waals surface area contributed by atoms with Crippen molar-refractivity contribution in [3.8, 4) is 16.9 Å². The second-order valence-corrected chi connectivity index (χ2v) is 9.57. The van der Waals surface area contributed by atoms with E-state index in [9.17, 15) is 26.3 Å². The molecular weight excluding hydrogens is 490 g/mol. The van der Waals surface area contributed by atoms with Crippen LogP contribution in [0.4, 0.5) is 26.3 Å². The lowest BCUT2D eigenvalue weighted by Gasteiger charge is -2.28. The van der Waals surface area contributed by atoms with Crippen LogP contribution in [-0.4, -0.2) is 6.11 Å². The molecule has 0 atom stereocenters. The molecule has 0 amide bonds. The summed E-state index contributed by atoms with van der Waals surface area (Å²) in [6.07, 6.45) is 5.30. The van der Waals surface area contributed by atoms with E-state index in [0.29, 0.717) is 35.8 Å². The van der Waals surface area contributed by atoms with Crippen LogP contribution < -0.4 is 4.74 Å². The summed E-state index contributed by atoms with van der Waals surface area (Å²) in [6, 6.07) is 11.5. The van der Waals surface area contributed by atoms with Crippen molar-refractivity contribution in [2.75, 3.05) is 0 Å². The molecule has 196 valence electrons. The van der Waals surface area contributed by atoms with Gasteiger partial charge in [-0.25, -0.2) is 17.6 Å². The fraction of sp³-hybridized carbons (Fsp3) is 0.333. The minimum absolute atomic E-state index is 0.274. The Kier molecular flexibility index (Phi) is 8.30. The summed E-state index contributed by atoms with van der Waals surface area (Å²) in [5.74, 6) is -4.88. The zero-order valence-corrected chi connectivity index (χ0v) is 20.4. The van der Waals surface area contributed by atoms with Gasteiger partial charge in [0.15, 0.2) is 17.5 Å². The number of hydrogen-bond acceptors (Lipinski definition) is 1. The van der Waals surface area contributed by atoms with Crippen molar-refractivity contribution in [3.63, 3.8) is 0 Å². The van der Waals surface area contributed by atoms with Crippen LogP contribution in [0.2, 0.25) is 0 Å². The molecule has 0 unspecified atom stereocenters. The molecule has 37 heavy (non-hydrogen) atoms. The molecule has 1 aliphatic rings. The molecule has 3 aromatic rings. The normalized spacial score (nSPS) is 18.4. The highest BCUT2D eigenvalue weighted by Crippen LogP contribution is 2.37. The molecule has 1 nitrogen and oxygen atoms in total. The third kappa shape index (κ3) is 6.76. The van der Waals surface area contributed by atoms with Crippen molar-refractivity contribution in [2.45, 2.75) is 57.5 Å². The molecule has 0 heterocycles. The minimum Gasteiger partial charge on any atom is -0.429 e. The van der Waals surface area contributed by atoms with Gasteiger partial charge in [0.25, 0.3) is 0 Å². The molecule has 7 heteroatoms. The quantitative estimate of drug-likeness (QED) is 0.213. The molecule has 1 saturated carbocycles. The Morgan fingerprint density at radius 1 is 0.838 bits per heavy atom. The molecule has 0 radical (unpaired) electrons. The Hall–Kier alpha value is -3.22. The van der Waals surface area contributed by atoms with Crippen molar-refractivity contribution in [1.29, 1.82) is 0 Å². The zero-order chi connectivity index (χ0) is 26.6. The summed E-state index contributed by atoms with van der Waals surface area (Å²) in [4.78, 5) is 0. The third-order valence-electron chi connectivity index (χ3n) is 6.91. The highest BCUT2D eigenvalue weighted by molar-refractivity contribution is 5.65. The lowest BCUT2D eigenvalue weighted by molar-refractivity contribution is -0.131. The first-order valence-electron chi connectivity index (χ1n) is 12.5. The Bertz CT molecular complexity index is 1220. The van der Waals surface area contributed by atoms with E-state index in [1.807, 2.05) is 12.1 Å². The first-order chi connectivity index (χ1) is 17.6. The van der Waals surface area contributed by atoms with E-state index in [2.05, 4.69) is 11.7 Å². The lowest BCUT2D eigenvalue weighted by atomic mass is 9.77. The number of hydrogen-bond donors (Lipinski definition) is 0. The maximum absolute atomic E-state index is 14.5. The number of benzene rings is 3. The van der Waals surface area contributed by atoms with Gasteiger partial charge in [-0.1, -0.05) is 44.0 Å². The molecule has 0 saturated heterocycles. The second-order valence-electron chi connectivity index (χ2n) is 9.57. The van der Waals surface area contributed by atoms with Gasteiger partial charge >= 0.3 is 6.11 Å². The van der Waals surface area contributed by atoms with Crippen LogP contribution in [0.25, 0.3) is 17.2 Å². The summed E-state index contributed by atoms with van der Waals surface area (Å²) >= 11 is 0. The van der Waals surface area contributed by atoms with Gasteiger partial charge in [-0.15, -0.1) is 0 Å². The Morgan fingerprint density at radius 2 is 1.49 bits per heavy atom. The van der Waals surface area contributed by atoms with Crippen molar-refractivity contribution in [3.05, 3.63) is 95.1 Å². The molecule has 0 N–H and O–H groups in total.